The van der Waals surface area contributed by atoms with Gasteiger partial charge < -0.3 is 14.6 Å². The summed E-state index contributed by atoms with van der Waals surface area (Å²) in [5.74, 6) is 2.11. The van der Waals surface area contributed by atoms with E-state index >= 15 is 0 Å². The first-order chi connectivity index (χ1) is 9.33. The van der Waals surface area contributed by atoms with E-state index in [4.69, 9.17) is 4.42 Å². The molecule has 1 fully saturated rings. The van der Waals surface area contributed by atoms with Gasteiger partial charge in [-0.15, -0.1) is 0 Å². The van der Waals surface area contributed by atoms with Gasteiger partial charge in [-0.25, -0.2) is 0 Å². The molecule has 2 rings (SSSR count). The summed E-state index contributed by atoms with van der Waals surface area (Å²) in [6.45, 7) is 15.0. The molecule has 1 aromatic heterocycles. The van der Waals surface area contributed by atoms with Gasteiger partial charge in [0.15, 0.2) is 0 Å². The zero-order valence-electron chi connectivity index (χ0n) is 13.6. The summed E-state index contributed by atoms with van der Waals surface area (Å²) in [5.41, 5.74) is 1.46. The van der Waals surface area contributed by atoms with Crippen LogP contribution < -0.4 is 5.32 Å². The molecule has 4 heteroatoms. The van der Waals surface area contributed by atoms with E-state index in [-0.39, 0.29) is 5.54 Å². The van der Waals surface area contributed by atoms with Crippen molar-refractivity contribution < 1.29 is 4.42 Å². The molecule has 1 aliphatic heterocycles. The molecule has 1 saturated heterocycles. The standard InChI is InChI=1S/C16H29N3O/c1-13-14(12-19-8-6-18(5)7-9-19)10-15(20-13)11-17-16(2,3)4/h10,17H,6-9,11-12H2,1-5H3. The zero-order valence-corrected chi connectivity index (χ0v) is 13.6. The molecule has 1 N–H and O–H groups in total. The van der Waals surface area contributed by atoms with E-state index in [1.807, 2.05) is 0 Å². The van der Waals surface area contributed by atoms with Gasteiger partial charge in [0.2, 0.25) is 0 Å². The largest absolute Gasteiger partial charge is 0.465 e. The third kappa shape index (κ3) is 4.62. The maximum Gasteiger partial charge on any atom is 0.118 e. The fourth-order valence-electron chi connectivity index (χ4n) is 2.43. The molecule has 0 atom stereocenters. The zero-order chi connectivity index (χ0) is 14.8. The predicted molar refractivity (Wildman–Crippen MR) is 82.8 cm³/mol. The number of nitrogens with zero attached hydrogens (tertiary/aromatic N) is 2. The van der Waals surface area contributed by atoms with E-state index < -0.39 is 0 Å². The molecule has 114 valence electrons. The third-order valence-electron chi connectivity index (χ3n) is 3.85. The summed E-state index contributed by atoms with van der Waals surface area (Å²) in [6.07, 6.45) is 0. The van der Waals surface area contributed by atoms with Crippen LogP contribution in [-0.2, 0) is 13.1 Å². The van der Waals surface area contributed by atoms with Crippen LogP contribution in [0.5, 0.6) is 0 Å². The first-order valence-electron chi connectivity index (χ1n) is 7.57. The Balaban J connectivity index is 1.90. The van der Waals surface area contributed by atoms with Gasteiger partial charge in [-0.05, 0) is 40.8 Å². The molecule has 1 aliphatic rings. The lowest BCUT2D eigenvalue weighted by molar-refractivity contribution is 0.147. The summed E-state index contributed by atoms with van der Waals surface area (Å²) in [6, 6.07) is 2.21. The summed E-state index contributed by atoms with van der Waals surface area (Å²) >= 11 is 0. The summed E-state index contributed by atoms with van der Waals surface area (Å²) < 4.78 is 5.87. The predicted octanol–water partition coefficient (Wildman–Crippen LogP) is 2.22. The maximum atomic E-state index is 5.87. The van der Waals surface area contributed by atoms with Crippen molar-refractivity contribution in [3.8, 4) is 0 Å². The molecular weight excluding hydrogens is 250 g/mol. The van der Waals surface area contributed by atoms with Crippen LogP contribution >= 0.6 is 0 Å². The van der Waals surface area contributed by atoms with Crippen molar-refractivity contribution in [1.82, 2.24) is 15.1 Å². The van der Waals surface area contributed by atoms with Gasteiger partial charge >= 0.3 is 0 Å². The van der Waals surface area contributed by atoms with Crippen LogP contribution in [-0.4, -0.2) is 48.6 Å². The molecule has 20 heavy (non-hydrogen) atoms. The van der Waals surface area contributed by atoms with E-state index in [2.05, 4.69) is 55.9 Å². The quantitative estimate of drug-likeness (QED) is 0.916. The summed E-state index contributed by atoms with van der Waals surface area (Å²) in [5, 5.41) is 3.47. The molecule has 0 bridgehead atoms. The average Bonchev–Trinajstić information content (AvgIpc) is 2.70. The lowest BCUT2D eigenvalue weighted by Crippen LogP contribution is -2.43. The fourth-order valence-corrected chi connectivity index (χ4v) is 2.43. The number of piperazine rings is 1. The highest BCUT2D eigenvalue weighted by molar-refractivity contribution is 5.21. The molecule has 0 unspecified atom stereocenters. The highest BCUT2D eigenvalue weighted by Crippen LogP contribution is 2.18. The van der Waals surface area contributed by atoms with Crippen LogP contribution in [0.4, 0.5) is 0 Å². The molecule has 0 amide bonds. The summed E-state index contributed by atoms with van der Waals surface area (Å²) in [4.78, 5) is 4.90. The van der Waals surface area contributed by atoms with Crippen molar-refractivity contribution >= 4 is 0 Å². The molecule has 0 saturated carbocycles. The van der Waals surface area contributed by atoms with Crippen molar-refractivity contribution in [3.63, 3.8) is 0 Å². The van der Waals surface area contributed by atoms with E-state index in [0.717, 1.165) is 50.8 Å². The van der Waals surface area contributed by atoms with Gasteiger partial charge in [0.05, 0.1) is 6.54 Å². The Hall–Kier alpha value is -0.840. The molecule has 1 aromatic rings. The molecule has 0 aliphatic carbocycles. The van der Waals surface area contributed by atoms with Crippen LogP contribution in [0, 0.1) is 6.92 Å². The minimum Gasteiger partial charge on any atom is -0.465 e. The van der Waals surface area contributed by atoms with Crippen LogP contribution in [0.1, 0.15) is 37.9 Å². The van der Waals surface area contributed by atoms with Gasteiger partial charge in [0, 0.05) is 43.8 Å². The van der Waals surface area contributed by atoms with Crippen molar-refractivity contribution in [2.45, 2.75) is 46.3 Å². The molecule has 0 radical (unpaired) electrons. The van der Waals surface area contributed by atoms with Gasteiger partial charge in [0.25, 0.3) is 0 Å². The Labute approximate surface area is 123 Å². The number of likely N-dealkylation sites (N-methyl/N-ethyl adjacent to an activating group) is 1. The fraction of sp³-hybridized carbons (Fsp3) is 0.750. The number of nitrogens with one attached hydrogen (secondary N) is 1. The Bertz CT molecular complexity index is 425. The number of hydrogen-bond donors (Lipinski definition) is 1. The van der Waals surface area contributed by atoms with Gasteiger partial charge in [-0.1, -0.05) is 0 Å². The maximum absolute atomic E-state index is 5.87. The number of furan rings is 1. The Morgan fingerprint density at radius 2 is 1.85 bits per heavy atom. The van der Waals surface area contributed by atoms with Crippen LogP contribution in [0.2, 0.25) is 0 Å². The van der Waals surface area contributed by atoms with E-state index in [1.54, 1.807) is 0 Å². The third-order valence-corrected chi connectivity index (χ3v) is 3.85. The van der Waals surface area contributed by atoms with E-state index in [1.165, 1.54) is 5.56 Å². The smallest absolute Gasteiger partial charge is 0.118 e. The highest BCUT2D eigenvalue weighted by atomic mass is 16.3. The van der Waals surface area contributed by atoms with Gasteiger partial charge in [-0.2, -0.15) is 0 Å². The van der Waals surface area contributed by atoms with Crippen LogP contribution in [0.3, 0.4) is 0 Å². The summed E-state index contributed by atoms with van der Waals surface area (Å²) in [7, 11) is 2.19. The SMILES string of the molecule is Cc1oc(CNC(C)(C)C)cc1CN1CCN(C)CC1. The topological polar surface area (TPSA) is 31.7 Å². The average molecular weight is 279 g/mol. The second kappa shape index (κ2) is 6.29. The van der Waals surface area contributed by atoms with Crippen molar-refractivity contribution in [2.75, 3.05) is 33.2 Å². The Morgan fingerprint density at radius 1 is 1.20 bits per heavy atom. The van der Waals surface area contributed by atoms with E-state index in [0.29, 0.717) is 0 Å². The Morgan fingerprint density at radius 3 is 2.45 bits per heavy atom. The number of aryl methyl sites for hydroxylation is 1. The molecule has 0 aromatic carbocycles. The molecule has 4 nitrogen and oxygen atoms in total. The molecule has 2 heterocycles. The monoisotopic (exact) mass is 279 g/mol. The van der Waals surface area contributed by atoms with Gasteiger partial charge in [-0.3, -0.25) is 4.90 Å². The minimum atomic E-state index is 0.123. The normalized spacial score (nSPS) is 18.6. The molecule has 0 spiro atoms. The van der Waals surface area contributed by atoms with Crippen LogP contribution in [0.15, 0.2) is 10.5 Å². The minimum absolute atomic E-state index is 0.123. The number of rotatable bonds is 4. The highest BCUT2D eigenvalue weighted by Gasteiger charge is 2.17. The Kier molecular flexibility index (Phi) is 4.89. The second-order valence-electron chi connectivity index (χ2n) is 6.98. The first-order valence-corrected chi connectivity index (χ1v) is 7.57. The molecular formula is C16H29N3O. The van der Waals surface area contributed by atoms with Crippen molar-refractivity contribution in [1.29, 1.82) is 0 Å². The first kappa shape index (κ1) is 15.5. The van der Waals surface area contributed by atoms with Gasteiger partial charge in [0.1, 0.15) is 11.5 Å². The van der Waals surface area contributed by atoms with Crippen molar-refractivity contribution in [2.24, 2.45) is 0 Å². The van der Waals surface area contributed by atoms with Crippen molar-refractivity contribution in [3.05, 3.63) is 23.2 Å². The second-order valence-corrected chi connectivity index (χ2v) is 6.98. The van der Waals surface area contributed by atoms with E-state index in [9.17, 15) is 0 Å². The lowest BCUT2D eigenvalue weighted by atomic mass is 10.1. The van der Waals surface area contributed by atoms with Crippen LogP contribution in [0.25, 0.3) is 0 Å². The lowest BCUT2D eigenvalue weighted by Gasteiger charge is -2.32. The number of hydrogen-bond acceptors (Lipinski definition) is 4.